The van der Waals surface area contributed by atoms with E-state index in [1.807, 2.05) is 0 Å². The van der Waals surface area contributed by atoms with Crippen molar-refractivity contribution in [1.29, 1.82) is 0 Å². The number of aryl methyl sites for hydroxylation is 1. The van der Waals surface area contributed by atoms with Crippen LogP contribution >= 0.6 is 0 Å². The second kappa shape index (κ2) is 8.31. The van der Waals surface area contributed by atoms with E-state index in [0.717, 1.165) is 19.5 Å². The van der Waals surface area contributed by atoms with Crippen LogP contribution in [0, 0.1) is 0 Å². The average Bonchev–Trinajstić information content (AvgIpc) is 2.33. The highest BCUT2D eigenvalue weighted by atomic mass is 15.1. The van der Waals surface area contributed by atoms with Crippen molar-refractivity contribution in [2.24, 2.45) is 5.73 Å². The molecule has 0 aliphatic heterocycles. The van der Waals surface area contributed by atoms with Gasteiger partial charge in [0.15, 0.2) is 0 Å². The quantitative estimate of drug-likeness (QED) is 0.681. The zero-order valence-corrected chi connectivity index (χ0v) is 10.4. The molecule has 0 saturated carbocycles. The predicted molar refractivity (Wildman–Crippen MR) is 70.5 cm³/mol. The molecule has 0 bridgehead atoms. The Bertz CT molecular complexity index is 259. The number of unbranched alkanes of at least 4 members (excludes halogenated alkanes) is 1. The molecule has 0 heterocycles. The summed E-state index contributed by atoms with van der Waals surface area (Å²) < 4.78 is 0. The first-order valence-corrected chi connectivity index (χ1v) is 6.25. The smallest absolute Gasteiger partial charge is 0.000977 e. The fraction of sp³-hybridized carbons (Fsp3) is 0.571. The summed E-state index contributed by atoms with van der Waals surface area (Å²) in [5.74, 6) is 0. The van der Waals surface area contributed by atoms with E-state index in [0.29, 0.717) is 0 Å². The summed E-state index contributed by atoms with van der Waals surface area (Å²) in [6.45, 7) is 3.11. The van der Waals surface area contributed by atoms with Gasteiger partial charge < -0.3 is 10.6 Å². The molecule has 0 fully saturated rings. The molecular weight excluding hydrogens is 196 g/mol. The molecule has 0 aliphatic carbocycles. The number of rotatable bonds is 8. The average molecular weight is 220 g/mol. The largest absolute Gasteiger partial charge is 0.330 e. The van der Waals surface area contributed by atoms with E-state index in [1.54, 1.807) is 0 Å². The summed E-state index contributed by atoms with van der Waals surface area (Å²) in [7, 11) is 2.18. The summed E-state index contributed by atoms with van der Waals surface area (Å²) in [4.78, 5) is 2.37. The van der Waals surface area contributed by atoms with Crippen LogP contribution in [-0.2, 0) is 6.42 Å². The Morgan fingerprint density at radius 3 is 2.38 bits per heavy atom. The van der Waals surface area contributed by atoms with E-state index < -0.39 is 0 Å². The maximum Gasteiger partial charge on any atom is -0.000977 e. The molecule has 0 aromatic heterocycles. The Labute approximate surface area is 99.5 Å². The molecule has 0 aliphatic rings. The van der Waals surface area contributed by atoms with Crippen molar-refractivity contribution >= 4 is 0 Å². The molecule has 0 saturated heterocycles. The maximum atomic E-state index is 5.48. The van der Waals surface area contributed by atoms with Crippen molar-refractivity contribution in [1.82, 2.24) is 4.90 Å². The van der Waals surface area contributed by atoms with Crippen LogP contribution in [0.2, 0.25) is 0 Å². The Balaban J connectivity index is 2.03. The molecule has 2 nitrogen and oxygen atoms in total. The lowest BCUT2D eigenvalue weighted by Crippen LogP contribution is -2.22. The van der Waals surface area contributed by atoms with Crippen LogP contribution in [0.3, 0.4) is 0 Å². The van der Waals surface area contributed by atoms with E-state index in [2.05, 4.69) is 42.3 Å². The molecule has 16 heavy (non-hydrogen) atoms. The third-order valence-electron chi connectivity index (χ3n) is 2.84. The summed E-state index contributed by atoms with van der Waals surface area (Å²) in [5, 5.41) is 0. The number of benzene rings is 1. The Morgan fingerprint density at radius 1 is 1.00 bits per heavy atom. The van der Waals surface area contributed by atoms with Crippen molar-refractivity contribution in [3.05, 3.63) is 35.9 Å². The first-order chi connectivity index (χ1) is 7.83. The predicted octanol–water partition coefficient (Wildman–Crippen LogP) is 2.29. The number of hydrogen-bond acceptors (Lipinski definition) is 2. The summed E-state index contributed by atoms with van der Waals surface area (Å²) >= 11 is 0. The van der Waals surface area contributed by atoms with Gasteiger partial charge in [-0.2, -0.15) is 0 Å². The first-order valence-electron chi connectivity index (χ1n) is 6.25. The van der Waals surface area contributed by atoms with Crippen LogP contribution in [0.25, 0.3) is 0 Å². The van der Waals surface area contributed by atoms with Crippen molar-refractivity contribution in [3.63, 3.8) is 0 Å². The Kier molecular flexibility index (Phi) is 6.86. The van der Waals surface area contributed by atoms with Crippen LogP contribution in [-0.4, -0.2) is 31.6 Å². The lowest BCUT2D eigenvalue weighted by Gasteiger charge is -2.15. The van der Waals surface area contributed by atoms with Crippen LogP contribution in [0.15, 0.2) is 30.3 Å². The lowest BCUT2D eigenvalue weighted by molar-refractivity contribution is 0.323. The van der Waals surface area contributed by atoms with Crippen molar-refractivity contribution in [2.45, 2.75) is 25.7 Å². The van der Waals surface area contributed by atoms with Crippen LogP contribution in [0.1, 0.15) is 24.8 Å². The molecule has 0 atom stereocenters. The second-order valence-electron chi connectivity index (χ2n) is 4.39. The van der Waals surface area contributed by atoms with Crippen LogP contribution in [0.5, 0.6) is 0 Å². The Hall–Kier alpha value is -0.860. The fourth-order valence-electron chi connectivity index (χ4n) is 1.83. The van der Waals surface area contributed by atoms with Gasteiger partial charge in [0.1, 0.15) is 0 Å². The highest BCUT2D eigenvalue weighted by Gasteiger charge is 1.97. The summed E-state index contributed by atoms with van der Waals surface area (Å²) in [6, 6.07) is 10.7. The summed E-state index contributed by atoms with van der Waals surface area (Å²) in [5.41, 5.74) is 6.93. The van der Waals surface area contributed by atoms with Crippen LogP contribution < -0.4 is 5.73 Å². The van der Waals surface area contributed by atoms with Gasteiger partial charge in [0.25, 0.3) is 0 Å². The van der Waals surface area contributed by atoms with E-state index in [1.165, 1.54) is 31.4 Å². The van der Waals surface area contributed by atoms with Gasteiger partial charge in [-0.25, -0.2) is 0 Å². The minimum Gasteiger partial charge on any atom is -0.330 e. The van der Waals surface area contributed by atoms with E-state index in [-0.39, 0.29) is 0 Å². The van der Waals surface area contributed by atoms with Crippen LogP contribution in [0.4, 0.5) is 0 Å². The number of nitrogens with two attached hydrogens (primary N) is 1. The molecule has 1 aromatic rings. The highest BCUT2D eigenvalue weighted by Crippen LogP contribution is 2.04. The molecule has 0 spiro atoms. The first kappa shape index (κ1) is 13.2. The second-order valence-corrected chi connectivity index (χ2v) is 4.39. The minimum absolute atomic E-state index is 0.800. The van der Waals surface area contributed by atoms with E-state index in [9.17, 15) is 0 Å². The molecular formula is C14H24N2. The number of hydrogen-bond donors (Lipinski definition) is 1. The number of nitrogens with zero attached hydrogens (tertiary/aromatic N) is 1. The van der Waals surface area contributed by atoms with Gasteiger partial charge >= 0.3 is 0 Å². The zero-order valence-electron chi connectivity index (χ0n) is 10.4. The molecule has 2 heteroatoms. The molecule has 0 radical (unpaired) electrons. The third kappa shape index (κ3) is 5.89. The van der Waals surface area contributed by atoms with Gasteiger partial charge in [-0.05, 0) is 57.9 Å². The van der Waals surface area contributed by atoms with E-state index in [4.69, 9.17) is 5.73 Å². The normalized spacial score (nSPS) is 10.9. The van der Waals surface area contributed by atoms with Gasteiger partial charge in [-0.1, -0.05) is 30.3 Å². The SMILES string of the molecule is CN(CCCN)CCCCc1ccccc1. The van der Waals surface area contributed by atoms with Gasteiger partial charge in [0, 0.05) is 0 Å². The minimum atomic E-state index is 0.800. The standard InChI is InChI=1S/C14H24N2/c1-16(13-7-11-15)12-6-5-10-14-8-3-2-4-9-14/h2-4,8-9H,5-7,10-13,15H2,1H3. The van der Waals surface area contributed by atoms with Gasteiger partial charge in [0.2, 0.25) is 0 Å². The topological polar surface area (TPSA) is 29.3 Å². The van der Waals surface area contributed by atoms with Crippen molar-refractivity contribution in [3.8, 4) is 0 Å². The lowest BCUT2D eigenvalue weighted by atomic mass is 10.1. The molecule has 0 unspecified atom stereocenters. The monoisotopic (exact) mass is 220 g/mol. The third-order valence-corrected chi connectivity index (χ3v) is 2.84. The zero-order chi connectivity index (χ0) is 11.6. The highest BCUT2D eigenvalue weighted by molar-refractivity contribution is 5.14. The maximum absolute atomic E-state index is 5.48. The molecule has 0 amide bonds. The van der Waals surface area contributed by atoms with Gasteiger partial charge in [0.05, 0.1) is 0 Å². The molecule has 1 rings (SSSR count). The van der Waals surface area contributed by atoms with Gasteiger partial charge in [-0.3, -0.25) is 0 Å². The van der Waals surface area contributed by atoms with Crippen molar-refractivity contribution in [2.75, 3.05) is 26.7 Å². The fourth-order valence-corrected chi connectivity index (χ4v) is 1.83. The summed E-state index contributed by atoms with van der Waals surface area (Å²) in [6.07, 6.45) is 4.85. The molecule has 90 valence electrons. The van der Waals surface area contributed by atoms with Gasteiger partial charge in [-0.15, -0.1) is 0 Å². The van der Waals surface area contributed by atoms with E-state index >= 15 is 0 Å². The Morgan fingerprint density at radius 2 is 1.69 bits per heavy atom. The molecule has 1 aromatic carbocycles. The van der Waals surface area contributed by atoms with Crippen molar-refractivity contribution < 1.29 is 0 Å². The molecule has 2 N–H and O–H groups in total.